The van der Waals surface area contributed by atoms with E-state index in [4.69, 9.17) is 0 Å². The molecule has 5 heteroatoms. The van der Waals surface area contributed by atoms with Gasteiger partial charge in [-0.3, -0.25) is 9.78 Å². The number of carbonyl (C=O) groups excluding carboxylic acids is 1. The fourth-order valence-electron chi connectivity index (χ4n) is 3.11. The monoisotopic (exact) mass is 329 g/mol. The van der Waals surface area contributed by atoms with Crippen molar-refractivity contribution >= 4 is 17.2 Å². The van der Waals surface area contributed by atoms with Crippen molar-refractivity contribution in [2.24, 2.45) is 0 Å². The van der Waals surface area contributed by atoms with Gasteiger partial charge in [-0.05, 0) is 49.9 Å². The number of hydrogen-bond acceptors (Lipinski definition) is 4. The molecule has 0 spiro atoms. The van der Waals surface area contributed by atoms with E-state index in [1.54, 1.807) is 11.3 Å². The van der Waals surface area contributed by atoms with Crippen LogP contribution in [0.15, 0.2) is 29.0 Å². The van der Waals surface area contributed by atoms with E-state index in [9.17, 15) is 4.79 Å². The number of pyridine rings is 1. The molecule has 122 valence electrons. The largest absolute Gasteiger partial charge is 0.334 e. The third-order valence-corrected chi connectivity index (χ3v) is 5.02. The molecule has 1 unspecified atom stereocenters. The van der Waals surface area contributed by atoms with Crippen LogP contribution in [-0.4, -0.2) is 41.5 Å². The minimum absolute atomic E-state index is 0.113. The van der Waals surface area contributed by atoms with E-state index in [0.29, 0.717) is 6.04 Å². The number of rotatable bonds is 5. The fraction of sp³-hybridized carbons (Fsp3) is 0.444. The first-order valence-electron chi connectivity index (χ1n) is 8.22. The van der Waals surface area contributed by atoms with Crippen LogP contribution in [-0.2, 0) is 0 Å². The van der Waals surface area contributed by atoms with Crippen LogP contribution in [0, 0.1) is 6.92 Å². The smallest absolute Gasteiger partial charge is 0.255 e. The Bertz CT molecular complexity index is 663. The van der Waals surface area contributed by atoms with Crippen LogP contribution >= 0.6 is 11.3 Å². The molecule has 0 radical (unpaired) electrons. The highest BCUT2D eigenvalue weighted by Crippen LogP contribution is 2.23. The zero-order valence-corrected chi connectivity index (χ0v) is 14.5. The summed E-state index contributed by atoms with van der Waals surface area (Å²) in [6, 6.07) is 6.25. The molecule has 3 heterocycles. The number of amides is 1. The molecule has 1 fully saturated rings. The predicted octanol–water partition coefficient (Wildman–Crippen LogP) is 3.33. The molecule has 0 aromatic carbocycles. The molecule has 1 aliphatic heterocycles. The van der Waals surface area contributed by atoms with E-state index < -0.39 is 0 Å². The van der Waals surface area contributed by atoms with Gasteiger partial charge in [-0.15, -0.1) is 0 Å². The van der Waals surface area contributed by atoms with Gasteiger partial charge < -0.3 is 10.2 Å². The Morgan fingerprint density at radius 3 is 2.91 bits per heavy atom. The molecule has 2 aromatic rings. The molecule has 1 saturated heterocycles. The van der Waals surface area contributed by atoms with Crippen molar-refractivity contribution in [3.8, 4) is 11.3 Å². The Labute approximate surface area is 141 Å². The first-order valence-corrected chi connectivity index (χ1v) is 9.17. The maximum Gasteiger partial charge on any atom is 0.255 e. The van der Waals surface area contributed by atoms with Gasteiger partial charge in [-0.25, -0.2) is 0 Å². The molecule has 4 nitrogen and oxygen atoms in total. The Kier molecular flexibility index (Phi) is 5.08. The Balaban J connectivity index is 1.85. The molecule has 0 saturated carbocycles. The minimum atomic E-state index is 0.113. The number of hydrogen-bond donors (Lipinski definition) is 1. The highest BCUT2D eigenvalue weighted by molar-refractivity contribution is 7.08. The summed E-state index contributed by atoms with van der Waals surface area (Å²) in [7, 11) is 0. The van der Waals surface area contributed by atoms with Crippen LogP contribution in [0.2, 0.25) is 0 Å². The first-order chi connectivity index (χ1) is 11.2. The lowest BCUT2D eigenvalue weighted by Crippen LogP contribution is -2.42. The van der Waals surface area contributed by atoms with Gasteiger partial charge in [-0.2, -0.15) is 11.3 Å². The molecule has 0 aliphatic carbocycles. The molecule has 2 aromatic heterocycles. The molecular weight excluding hydrogens is 306 g/mol. The Morgan fingerprint density at radius 2 is 2.30 bits per heavy atom. The second-order valence-corrected chi connectivity index (χ2v) is 6.77. The van der Waals surface area contributed by atoms with Crippen molar-refractivity contribution in [2.45, 2.75) is 32.7 Å². The SMILES string of the molecule is CCCN(C(=O)c1ccc(-c2ccsc2)nc1C)C1CCNC1. The van der Waals surface area contributed by atoms with Crippen LogP contribution in [0.5, 0.6) is 0 Å². The number of aryl methyl sites for hydroxylation is 1. The number of thiophene rings is 1. The molecule has 1 aliphatic rings. The van der Waals surface area contributed by atoms with E-state index in [-0.39, 0.29) is 5.91 Å². The number of carbonyl (C=O) groups is 1. The summed E-state index contributed by atoms with van der Waals surface area (Å²) in [5.74, 6) is 0.113. The molecular formula is C18H23N3OS. The van der Waals surface area contributed by atoms with Gasteiger partial charge in [0, 0.05) is 30.1 Å². The van der Waals surface area contributed by atoms with E-state index in [1.807, 2.05) is 29.3 Å². The van der Waals surface area contributed by atoms with Crippen LogP contribution in [0.3, 0.4) is 0 Å². The normalized spacial score (nSPS) is 17.4. The van der Waals surface area contributed by atoms with Crippen molar-refractivity contribution in [2.75, 3.05) is 19.6 Å². The lowest BCUT2D eigenvalue weighted by atomic mass is 10.1. The van der Waals surface area contributed by atoms with Crippen molar-refractivity contribution < 1.29 is 4.79 Å². The van der Waals surface area contributed by atoms with E-state index >= 15 is 0 Å². The summed E-state index contributed by atoms with van der Waals surface area (Å²) in [6.07, 6.45) is 2.01. The lowest BCUT2D eigenvalue weighted by molar-refractivity contribution is 0.0691. The molecule has 3 rings (SSSR count). The third-order valence-electron chi connectivity index (χ3n) is 4.33. The third kappa shape index (κ3) is 3.46. The second-order valence-electron chi connectivity index (χ2n) is 5.99. The average Bonchev–Trinajstić information content (AvgIpc) is 3.25. The Morgan fingerprint density at radius 1 is 1.43 bits per heavy atom. The van der Waals surface area contributed by atoms with E-state index in [2.05, 4.69) is 28.7 Å². The zero-order valence-electron chi connectivity index (χ0n) is 13.7. The van der Waals surface area contributed by atoms with Crippen LogP contribution in [0.1, 0.15) is 35.8 Å². The molecule has 1 amide bonds. The average molecular weight is 329 g/mol. The van der Waals surface area contributed by atoms with Gasteiger partial charge in [0.15, 0.2) is 0 Å². The summed E-state index contributed by atoms with van der Waals surface area (Å²) in [6.45, 7) is 6.74. The lowest BCUT2D eigenvalue weighted by Gasteiger charge is -2.28. The fourth-order valence-corrected chi connectivity index (χ4v) is 3.76. The summed E-state index contributed by atoms with van der Waals surface area (Å²) in [5, 5.41) is 7.47. The van der Waals surface area contributed by atoms with Crippen molar-refractivity contribution in [3.63, 3.8) is 0 Å². The van der Waals surface area contributed by atoms with Crippen molar-refractivity contribution in [1.29, 1.82) is 0 Å². The molecule has 1 N–H and O–H groups in total. The number of nitrogens with one attached hydrogen (secondary N) is 1. The highest BCUT2D eigenvalue weighted by atomic mass is 32.1. The van der Waals surface area contributed by atoms with Crippen molar-refractivity contribution in [3.05, 3.63) is 40.2 Å². The van der Waals surface area contributed by atoms with Crippen LogP contribution < -0.4 is 5.32 Å². The summed E-state index contributed by atoms with van der Waals surface area (Å²) >= 11 is 1.66. The summed E-state index contributed by atoms with van der Waals surface area (Å²) in [5.41, 5.74) is 3.59. The van der Waals surface area contributed by atoms with Gasteiger partial charge in [-0.1, -0.05) is 6.92 Å². The predicted molar refractivity (Wildman–Crippen MR) is 94.9 cm³/mol. The van der Waals surface area contributed by atoms with E-state index in [0.717, 1.165) is 55.0 Å². The van der Waals surface area contributed by atoms with Gasteiger partial charge >= 0.3 is 0 Å². The van der Waals surface area contributed by atoms with Crippen LogP contribution in [0.4, 0.5) is 0 Å². The minimum Gasteiger partial charge on any atom is -0.334 e. The summed E-state index contributed by atoms with van der Waals surface area (Å²) in [4.78, 5) is 19.7. The quantitative estimate of drug-likeness (QED) is 0.915. The van der Waals surface area contributed by atoms with Crippen molar-refractivity contribution in [1.82, 2.24) is 15.2 Å². The topological polar surface area (TPSA) is 45.2 Å². The summed E-state index contributed by atoms with van der Waals surface area (Å²) < 4.78 is 0. The zero-order chi connectivity index (χ0) is 16.2. The van der Waals surface area contributed by atoms with Gasteiger partial charge in [0.05, 0.1) is 17.0 Å². The number of nitrogens with zero attached hydrogens (tertiary/aromatic N) is 2. The van der Waals surface area contributed by atoms with Gasteiger partial charge in [0.2, 0.25) is 0 Å². The molecule has 0 bridgehead atoms. The Hall–Kier alpha value is -1.72. The van der Waals surface area contributed by atoms with Gasteiger partial charge in [0.1, 0.15) is 0 Å². The van der Waals surface area contributed by atoms with Crippen LogP contribution in [0.25, 0.3) is 11.3 Å². The maximum atomic E-state index is 13.0. The molecule has 23 heavy (non-hydrogen) atoms. The second kappa shape index (κ2) is 7.23. The standard InChI is InChI=1S/C18H23N3OS/c1-3-9-21(15-6-8-19-11-15)18(22)16-4-5-17(20-13(16)2)14-7-10-23-12-14/h4-5,7,10,12,15,19H,3,6,8-9,11H2,1-2H3. The van der Waals surface area contributed by atoms with E-state index in [1.165, 1.54) is 0 Å². The number of aromatic nitrogens is 1. The van der Waals surface area contributed by atoms with Gasteiger partial charge in [0.25, 0.3) is 5.91 Å². The maximum absolute atomic E-state index is 13.0. The molecule has 1 atom stereocenters. The first kappa shape index (κ1) is 16.1. The highest BCUT2D eigenvalue weighted by Gasteiger charge is 2.27.